The lowest BCUT2D eigenvalue weighted by atomic mass is 10.2. The number of hydrazone groups is 1. The van der Waals surface area contributed by atoms with E-state index in [9.17, 15) is 13.2 Å². The van der Waals surface area contributed by atoms with Crippen LogP contribution < -0.4 is 19.2 Å². The van der Waals surface area contributed by atoms with E-state index in [4.69, 9.17) is 44.3 Å². The van der Waals surface area contributed by atoms with Crippen LogP contribution in [0.1, 0.15) is 16.7 Å². The Morgan fingerprint density at radius 1 is 1.11 bits per heavy atom. The molecule has 0 aliphatic rings. The molecule has 0 aliphatic heterocycles. The normalized spacial score (nSPS) is 11.4. The van der Waals surface area contributed by atoms with Gasteiger partial charge in [0.2, 0.25) is 10.0 Å². The number of carbonyl (C=O) groups is 1. The highest BCUT2D eigenvalue weighted by Crippen LogP contribution is 2.37. The summed E-state index contributed by atoms with van der Waals surface area (Å²) >= 11 is 21.5. The molecule has 0 heterocycles. The summed E-state index contributed by atoms with van der Waals surface area (Å²) in [5.74, 6) is 0.254. The second-order valence-electron chi connectivity index (χ2n) is 8.06. The van der Waals surface area contributed by atoms with E-state index in [-0.39, 0.29) is 6.61 Å². The number of methoxy groups -OCH3 is 1. The first-order valence-electron chi connectivity index (χ1n) is 10.9. The molecule has 0 aliphatic carbocycles. The van der Waals surface area contributed by atoms with Gasteiger partial charge in [0.25, 0.3) is 5.91 Å². The Balaban J connectivity index is 1.70. The molecule has 202 valence electrons. The van der Waals surface area contributed by atoms with Gasteiger partial charge in [0, 0.05) is 5.02 Å². The summed E-state index contributed by atoms with van der Waals surface area (Å²) in [4.78, 5) is 12.5. The van der Waals surface area contributed by atoms with Crippen LogP contribution in [-0.4, -0.2) is 40.4 Å². The Kier molecular flexibility index (Phi) is 10.3. The molecule has 1 amide bonds. The zero-order valence-electron chi connectivity index (χ0n) is 20.5. The number of aryl methyl sites for hydroxylation is 1. The van der Waals surface area contributed by atoms with Gasteiger partial charge in [0.1, 0.15) is 13.2 Å². The highest BCUT2D eigenvalue weighted by Gasteiger charge is 2.22. The number of ether oxygens (including phenoxy) is 2. The van der Waals surface area contributed by atoms with Crippen LogP contribution in [0.5, 0.6) is 11.5 Å². The quantitative estimate of drug-likeness (QED) is 0.205. The summed E-state index contributed by atoms with van der Waals surface area (Å²) in [5.41, 5.74) is 4.71. The van der Waals surface area contributed by atoms with Gasteiger partial charge >= 0.3 is 0 Å². The van der Waals surface area contributed by atoms with Crippen LogP contribution in [-0.2, 0) is 21.4 Å². The van der Waals surface area contributed by atoms with Gasteiger partial charge in [0.05, 0.1) is 39.8 Å². The molecule has 38 heavy (non-hydrogen) atoms. The van der Waals surface area contributed by atoms with E-state index in [2.05, 4.69) is 26.5 Å². The summed E-state index contributed by atoms with van der Waals surface area (Å²) in [5, 5.41) is 5.29. The van der Waals surface area contributed by atoms with Gasteiger partial charge < -0.3 is 9.47 Å². The average Bonchev–Trinajstić information content (AvgIpc) is 2.83. The minimum absolute atomic E-state index is 0.222. The Hall–Kier alpha value is -2.50. The van der Waals surface area contributed by atoms with Crippen LogP contribution in [0.2, 0.25) is 15.1 Å². The molecule has 0 bridgehead atoms. The number of anilines is 1. The van der Waals surface area contributed by atoms with Crippen LogP contribution >= 0.6 is 50.7 Å². The molecule has 0 aromatic heterocycles. The van der Waals surface area contributed by atoms with E-state index in [1.807, 2.05) is 0 Å². The summed E-state index contributed by atoms with van der Waals surface area (Å²) in [6.45, 7) is 1.46. The van der Waals surface area contributed by atoms with Crippen molar-refractivity contribution >= 4 is 78.6 Å². The maximum atomic E-state index is 12.5. The van der Waals surface area contributed by atoms with Crippen molar-refractivity contribution < 1.29 is 22.7 Å². The van der Waals surface area contributed by atoms with E-state index < -0.39 is 22.5 Å². The molecule has 1 N–H and O–H groups in total. The highest BCUT2D eigenvalue weighted by atomic mass is 79.9. The Morgan fingerprint density at radius 2 is 1.84 bits per heavy atom. The Labute approximate surface area is 244 Å². The minimum atomic E-state index is -3.75. The lowest BCUT2D eigenvalue weighted by Crippen LogP contribution is -2.39. The topological polar surface area (TPSA) is 97.3 Å². The fourth-order valence-corrected chi connectivity index (χ4v) is 5.40. The first-order valence-corrected chi connectivity index (χ1v) is 14.7. The Morgan fingerprint density at radius 3 is 2.47 bits per heavy atom. The monoisotopic (exact) mass is 661 g/mol. The van der Waals surface area contributed by atoms with Gasteiger partial charge in [0.15, 0.2) is 11.5 Å². The van der Waals surface area contributed by atoms with Crippen molar-refractivity contribution in [1.29, 1.82) is 0 Å². The average molecular weight is 664 g/mol. The van der Waals surface area contributed by atoms with Gasteiger partial charge in [-0.1, -0.05) is 40.9 Å². The standard InChI is InChI=1S/C25H23BrCl3N3O5S/c1-15-8-18(27)5-7-22(15)32(38(3,34)35)13-24(33)31-30-12-17-9-19(26)25(23(11-17)36-2)37-14-16-4-6-20(28)21(29)10-16/h4-12H,13-14H2,1-3H3,(H,31,33)/b30-12-. The van der Waals surface area contributed by atoms with E-state index in [1.54, 1.807) is 55.5 Å². The van der Waals surface area contributed by atoms with Crippen molar-refractivity contribution in [1.82, 2.24) is 5.43 Å². The minimum Gasteiger partial charge on any atom is -0.493 e. The van der Waals surface area contributed by atoms with E-state index >= 15 is 0 Å². The highest BCUT2D eigenvalue weighted by molar-refractivity contribution is 9.10. The van der Waals surface area contributed by atoms with Crippen molar-refractivity contribution in [3.63, 3.8) is 0 Å². The number of hydrogen-bond donors (Lipinski definition) is 1. The van der Waals surface area contributed by atoms with Gasteiger partial charge in [-0.2, -0.15) is 5.10 Å². The summed E-state index contributed by atoms with van der Waals surface area (Å²) in [7, 11) is -2.25. The van der Waals surface area contributed by atoms with Crippen LogP contribution in [0.4, 0.5) is 5.69 Å². The second kappa shape index (κ2) is 13.0. The van der Waals surface area contributed by atoms with Crippen LogP contribution in [0.15, 0.2) is 58.1 Å². The third-order valence-electron chi connectivity index (χ3n) is 5.14. The number of rotatable bonds is 10. The summed E-state index contributed by atoms with van der Waals surface area (Å²) < 4.78 is 37.6. The molecule has 8 nitrogen and oxygen atoms in total. The third kappa shape index (κ3) is 8.00. The van der Waals surface area contributed by atoms with Crippen molar-refractivity contribution in [2.45, 2.75) is 13.5 Å². The first kappa shape index (κ1) is 30.0. The third-order valence-corrected chi connectivity index (χ3v) is 7.83. The van der Waals surface area contributed by atoms with Crippen molar-refractivity contribution in [3.8, 4) is 11.5 Å². The smallest absolute Gasteiger partial charge is 0.260 e. The maximum Gasteiger partial charge on any atom is 0.260 e. The predicted molar refractivity (Wildman–Crippen MR) is 156 cm³/mol. The molecule has 0 atom stereocenters. The molecule has 0 fully saturated rings. The number of sulfonamides is 1. The number of amides is 1. The van der Waals surface area contributed by atoms with Crippen LogP contribution in [0, 0.1) is 6.92 Å². The lowest BCUT2D eigenvalue weighted by molar-refractivity contribution is -0.119. The van der Waals surface area contributed by atoms with Gasteiger partial charge in [-0.05, 0) is 82.0 Å². The number of nitrogens with zero attached hydrogens (tertiary/aromatic N) is 2. The molecule has 0 radical (unpaired) electrons. The molecule has 0 spiro atoms. The van der Waals surface area contributed by atoms with Crippen molar-refractivity contribution in [3.05, 3.63) is 84.8 Å². The maximum absolute atomic E-state index is 12.5. The number of hydrogen-bond acceptors (Lipinski definition) is 6. The number of benzene rings is 3. The van der Waals surface area contributed by atoms with Gasteiger partial charge in [-0.15, -0.1) is 0 Å². The summed E-state index contributed by atoms with van der Waals surface area (Å²) in [6, 6.07) is 13.3. The van der Waals surface area contributed by atoms with Crippen molar-refractivity contribution in [2.24, 2.45) is 5.10 Å². The fourth-order valence-electron chi connectivity index (χ4n) is 3.36. The van der Waals surface area contributed by atoms with Gasteiger partial charge in [-0.3, -0.25) is 9.10 Å². The molecule has 3 rings (SSSR count). The van der Waals surface area contributed by atoms with Gasteiger partial charge in [-0.25, -0.2) is 13.8 Å². The van der Waals surface area contributed by atoms with E-state index in [0.717, 1.165) is 16.1 Å². The number of halogens is 4. The first-order chi connectivity index (χ1) is 17.9. The SMILES string of the molecule is COc1cc(/C=N\NC(=O)CN(c2ccc(Cl)cc2C)S(C)(=O)=O)cc(Br)c1OCc1ccc(Cl)c(Cl)c1. The predicted octanol–water partition coefficient (Wildman–Crippen LogP) is 6.22. The lowest BCUT2D eigenvalue weighted by Gasteiger charge is -2.23. The zero-order chi connectivity index (χ0) is 28.0. The van der Waals surface area contributed by atoms with Crippen LogP contribution in [0.25, 0.3) is 0 Å². The fraction of sp³-hybridized carbons (Fsp3) is 0.200. The Bertz CT molecular complexity index is 1490. The zero-order valence-corrected chi connectivity index (χ0v) is 25.1. The molecule has 0 unspecified atom stereocenters. The van der Waals surface area contributed by atoms with Crippen molar-refractivity contribution in [2.75, 3.05) is 24.2 Å². The molecule has 0 saturated heterocycles. The number of nitrogens with one attached hydrogen (secondary N) is 1. The largest absolute Gasteiger partial charge is 0.493 e. The van der Waals surface area contributed by atoms with E-state index in [0.29, 0.717) is 47.9 Å². The molecule has 13 heteroatoms. The molecule has 0 saturated carbocycles. The van der Waals surface area contributed by atoms with Crippen LogP contribution in [0.3, 0.4) is 0 Å². The molecule has 3 aromatic carbocycles. The van der Waals surface area contributed by atoms with E-state index in [1.165, 1.54) is 13.3 Å². The summed E-state index contributed by atoms with van der Waals surface area (Å²) in [6.07, 6.45) is 2.42. The molecular weight excluding hydrogens is 641 g/mol. The molecular formula is C25H23BrCl3N3O5S. The second-order valence-corrected chi connectivity index (χ2v) is 12.1. The molecule has 3 aromatic rings. The number of carbonyl (C=O) groups excluding carboxylic acids is 1.